The molecule has 0 saturated carbocycles. The van der Waals surface area contributed by atoms with E-state index in [1.165, 1.54) is 24.3 Å². The van der Waals surface area contributed by atoms with E-state index in [0.717, 1.165) is 11.1 Å². The van der Waals surface area contributed by atoms with Gasteiger partial charge in [0, 0.05) is 5.56 Å². The predicted octanol–water partition coefficient (Wildman–Crippen LogP) is 3.70. The molecule has 98 valence electrons. The van der Waals surface area contributed by atoms with Crippen molar-refractivity contribution in [3.63, 3.8) is 0 Å². The van der Waals surface area contributed by atoms with E-state index in [-0.39, 0.29) is 18.2 Å². The third-order valence-corrected chi connectivity index (χ3v) is 3.01. The highest BCUT2D eigenvalue weighted by Crippen LogP contribution is 2.13. The molecule has 0 radical (unpaired) electrons. The van der Waals surface area contributed by atoms with Crippen molar-refractivity contribution in [2.75, 3.05) is 6.61 Å². The number of aryl methyl sites for hydroxylation is 2. The van der Waals surface area contributed by atoms with Gasteiger partial charge < -0.3 is 4.74 Å². The fourth-order valence-corrected chi connectivity index (χ4v) is 1.68. The largest absolute Gasteiger partial charge is 0.485 e. The van der Waals surface area contributed by atoms with Gasteiger partial charge >= 0.3 is 0 Å². The number of hydrogen-bond donors (Lipinski definition) is 0. The molecule has 2 aromatic carbocycles. The minimum atomic E-state index is -0.326. The van der Waals surface area contributed by atoms with E-state index in [1.54, 1.807) is 6.07 Å². The number of ketones is 1. The summed E-state index contributed by atoms with van der Waals surface area (Å²) in [7, 11) is 0. The van der Waals surface area contributed by atoms with Crippen LogP contribution in [0.1, 0.15) is 21.5 Å². The molecule has 19 heavy (non-hydrogen) atoms. The molecule has 0 bridgehead atoms. The summed E-state index contributed by atoms with van der Waals surface area (Å²) in [5.74, 6) is 0.0684. The zero-order valence-corrected chi connectivity index (χ0v) is 10.9. The quantitative estimate of drug-likeness (QED) is 0.781. The van der Waals surface area contributed by atoms with Crippen molar-refractivity contribution < 1.29 is 13.9 Å². The molecular weight excluding hydrogens is 243 g/mol. The van der Waals surface area contributed by atoms with E-state index < -0.39 is 0 Å². The minimum Gasteiger partial charge on any atom is -0.485 e. The van der Waals surface area contributed by atoms with Crippen LogP contribution in [-0.2, 0) is 0 Å². The van der Waals surface area contributed by atoms with Crippen LogP contribution in [0.25, 0.3) is 0 Å². The van der Waals surface area contributed by atoms with Crippen LogP contribution in [0.3, 0.4) is 0 Å². The van der Waals surface area contributed by atoms with Crippen LogP contribution in [0.5, 0.6) is 5.75 Å². The highest BCUT2D eigenvalue weighted by Gasteiger charge is 2.08. The van der Waals surface area contributed by atoms with Gasteiger partial charge in [0.15, 0.2) is 12.4 Å². The molecular formula is C16H15FO2. The first kappa shape index (κ1) is 13.3. The molecule has 0 saturated heterocycles. The van der Waals surface area contributed by atoms with Gasteiger partial charge in [0.2, 0.25) is 0 Å². The first-order valence-corrected chi connectivity index (χ1v) is 6.05. The van der Waals surface area contributed by atoms with Crippen molar-refractivity contribution in [1.29, 1.82) is 0 Å². The zero-order valence-electron chi connectivity index (χ0n) is 10.9. The number of Topliss-reactive ketones (excluding diaryl/α,β-unsaturated/α-hetero) is 1. The standard InChI is InChI=1S/C16H15FO2/c1-11-3-4-13(9-12(11)2)16(18)10-19-15-7-5-14(17)6-8-15/h3-9H,10H2,1-2H3. The van der Waals surface area contributed by atoms with Crippen LogP contribution >= 0.6 is 0 Å². The van der Waals surface area contributed by atoms with E-state index >= 15 is 0 Å². The maximum atomic E-state index is 12.7. The third kappa shape index (κ3) is 3.41. The van der Waals surface area contributed by atoms with Crippen LogP contribution in [0.4, 0.5) is 4.39 Å². The first-order valence-electron chi connectivity index (χ1n) is 6.05. The van der Waals surface area contributed by atoms with Crippen molar-refractivity contribution in [2.24, 2.45) is 0 Å². The average molecular weight is 258 g/mol. The Morgan fingerprint density at radius 2 is 1.74 bits per heavy atom. The van der Waals surface area contributed by atoms with Crippen LogP contribution in [0.2, 0.25) is 0 Å². The molecule has 0 aromatic heterocycles. The summed E-state index contributed by atoms with van der Waals surface area (Å²) >= 11 is 0. The Hall–Kier alpha value is -2.16. The molecule has 3 heteroatoms. The number of benzene rings is 2. The smallest absolute Gasteiger partial charge is 0.200 e. The highest BCUT2D eigenvalue weighted by atomic mass is 19.1. The molecule has 2 aromatic rings. The molecule has 2 rings (SSSR count). The van der Waals surface area contributed by atoms with Crippen LogP contribution < -0.4 is 4.74 Å². The Balaban J connectivity index is 2.01. The molecule has 0 heterocycles. The summed E-state index contributed by atoms with van der Waals surface area (Å²) in [5, 5.41) is 0. The van der Waals surface area contributed by atoms with Crippen LogP contribution in [0.15, 0.2) is 42.5 Å². The van der Waals surface area contributed by atoms with Crippen molar-refractivity contribution in [3.8, 4) is 5.75 Å². The molecule has 0 atom stereocenters. The van der Waals surface area contributed by atoms with Gasteiger partial charge in [-0.2, -0.15) is 0 Å². The van der Waals surface area contributed by atoms with Gasteiger partial charge in [-0.3, -0.25) is 4.79 Å². The fraction of sp³-hybridized carbons (Fsp3) is 0.188. The zero-order chi connectivity index (χ0) is 13.8. The van der Waals surface area contributed by atoms with E-state index in [9.17, 15) is 9.18 Å². The second kappa shape index (κ2) is 5.65. The maximum absolute atomic E-state index is 12.7. The van der Waals surface area contributed by atoms with E-state index in [1.807, 2.05) is 26.0 Å². The maximum Gasteiger partial charge on any atom is 0.200 e. The summed E-state index contributed by atoms with van der Waals surface area (Å²) < 4.78 is 18.0. The minimum absolute atomic E-state index is 0.0475. The number of ether oxygens (including phenoxy) is 1. The van der Waals surface area contributed by atoms with Crippen LogP contribution in [-0.4, -0.2) is 12.4 Å². The SMILES string of the molecule is Cc1ccc(C(=O)COc2ccc(F)cc2)cc1C. The highest BCUT2D eigenvalue weighted by molar-refractivity contribution is 5.97. The lowest BCUT2D eigenvalue weighted by molar-refractivity contribution is 0.0921. The lowest BCUT2D eigenvalue weighted by Crippen LogP contribution is -2.11. The number of halogens is 1. The summed E-state index contributed by atoms with van der Waals surface area (Å²) in [5.41, 5.74) is 2.86. The Bertz CT molecular complexity index is 588. The lowest BCUT2D eigenvalue weighted by atomic mass is 10.0. The molecule has 0 aliphatic rings. The normalized spacial score (nSPS) is 10.3. The lowest BCUT2D eigenvalue weighted by Gasteiger charge is -2.07. The second-order valence-corrected chi connectivity index (χ2v) is 4.46. The molecule has 0 unspecified atom stereocenters. The fourth-order valence-electron chi connectivity index (χ4n) is 1.68. The predicted molar refractivity (Wildman–Crippen MR) is 72.1 cm³/mol. The van der Waals surface area contributed by atoms with Crippen molar-refractivity contribution in [2.45, 2.75) is 13.8 Å². The van der Waals surface area contributed by atoms with Gasteiger partial charge in [-0.1, -0.05) is 12.1 Å². The Morgan fingerprint density at radius 3 is 2.37 bits per heavy atom. The molecule has 0 aliphatic carbocycles. The number of hydrogen-bond acceptors (Lipinski definition) is 2. The molecule has 0 N–H and O–H groups in total. The van der Waals surface area contributed by atoms with Gasteiger partial charge in [-0.05, 0) is 55.3 Å². The Morgan fingerprint density at radius 1 is 1.05 bits per heavy atom. The Labute approximate surface area is 111 Å². The molecule has 0 spiro atoms. The molecule has 0 aliphatic heterocycles. The van der Waals surface area contributed by atoms with E-state index in [2.05, 4.69) is 0 Å². The van der Waals surface area contributed by atoms with Gasteiger partial charge in [0.05, 0.1) is 0 Å². The molecule has 0 amide bonds. The topological polar surface area (TPSA) is 26.3 Å². The first-order chi connectivity index (χ1) is 9.06. The van der Waals surface area contributed by atoms with Gasteiger partial charge in [-0.25, -0.2) is 4.39 Å². The number of rotatable bonds is 4. The average Bonchev–Trinajstić information content (AvgIpc) is 2.41. The summed E-state index contributed by atoms with van der Waals surface area (Å²) in [6, 6.07) is 11.2. The summed E-state index contributed by atoms with van der Waals surface area (Å²) in [6.45, 7) is 3.92. The van der Waals surface area contributed by atoms with Gasteiger partial charge in [0.25, 0.3) is 0 Å². The monoisotopic (exact) mass is 258 g/mol. The van der Waals surface area contributed by atoms with Crippen LogP contribution in [0, 0.1) is 19.7 Å². The number of carbonyl (C=O) groups is 1. The van der Waals surface area contributed by atoms with Crippen molar-refractivity contribution >= 4 is 5.78 Å². The third-order valence-electron chi connectivity index (χ3n) is 3.01. The van der Waals surface area contributed by atoms with Crippen molar-refractivity contribution in [3.05, 3.63) is 65.0 Å². The molecule has 2 nitrogen and oxygen atoms in total. The van der Waals surface area contributed by atoms with Gasteiger partial charge in [0.1, 0.15) is 11.6 Å². The van der Waals surface area contributed by atoms with E-state index in [4.69, 9.17) is 4.74 Å². The number of carbonyl (C=O) groups excluding carboxylic acids is 1. The Kier molecular flexibility index (Phi) is 3.95. The summed E-state index contributed by atoms with van der Waals surface area (Å²) in [6.07, 6.45) is 0. The van der Waals surface area contributed by atoms with Gasteiger partial charge in [-0.15, -0.1) is 0 Å². The second-order valence-electron chi connectivity index (χ2n) is 4.46. The molecule has 0 fully saturated rings. The summed E-state index contributed by atoms with van der Waals surface area (Å²) in [4.78, 5) is 11.9. The van der Waals surface area contributed by atoms with E-state index in [0.29, 0.717) is 11.3 Å². The van der Waals surface area contributed by atoms with Crippen molar-refractivity contribution in [1.82, 2.24) is 0 Å².